The average Bonchev–Trinajstić information content (AvgIpc) is 1.70. The van der Waals surface area contributed by atoms with Crippen molar-refractivity contribution in [3.8, 4) is 5.75 Å². The molecule has 1 amide bonds. The highest BCUT2D eigenvalue weighted by molar-refractivity contribution is 5.99. The number of nitrogens with one attached hydrogen (secondary N) is 14. The van der Waals surface area contributed by atoms with Gasteiger partial charge in [-0.15, -0.1) is 0 Å². The molecule has 2 fully saturated rings. The topological polar surface area (TPSA) is 450 Å². The van der Waals surface area contributed by atoms with Crippen LogP contribution in [0.5, 0.6) is 5.75 Å². The van der Waals surface area contributed by atoms with Gasteiger partial charge in [-0.25, -0.2) is 34.9 Å². The van der Waals surface area contributed by atoms with Crippen LogP contribution in [-0.2, 0) is 4.74 Å². The number of hydrogen-bond donors (Lipinski definition) is 15. The van der Waals surface area contributed by atoms with Crippen LogP contribution in [-0.4, -0.2) is 189 Å². The summed E-state index contributed by atoms with van der Waals surface area (Å²) in [7, 11) is 3.83. The molecule has 0 unspecified atom stereocenters. The van der Waals surface area contributed by atoms with E-state index in [0.717, 1.165) is 244 Å². The number of fused-ring (bicyclic) bond motifs is 7. The Balaban J connectivity index is 0.000000110. The Hall–Kier alpha value is -15.9. The van der Waals surface area contributed by atoms with Gasteiger partial charge in [-0.3, -0.25) is 40.5 Å². The number of aromatic nitrogens is 22. The molecular formula is C88H92N32O3. The Morgan fingerprint density at radius 2 is 0.740 bits per heavy atom. The normalized spacial score (nSPS) is 12.6. The molecule has 0 saturated carbocycles. The molecule has 21 rings (SSSR count). The molecule has 0 aliphatic carbocycles. The van der Waals surface area contributed by atoms with Gasteiger partial charge in [0.25, 0.3) is 0 Å². The molecule has 16 N–H and O–H groups in total. The summed E-state index contributed by atoms with van der Waals surface area (Å²) in [5, 5.41) is 76.1. The number of para-hydroxylation sites is 2. The number of morpholine rings is 1. The molecule has 35 nitrogen and oxygen atoms in total. The number of nitrogens with two attached hydrogens (primary N) is 1. The van der Waals surface area contributed by atoms with Crippen molar-refractivity contribution in [3.05, 3.63) is 247 Å². The van der Waals surface area contributed by atoms with E-state index in [1.165, 1.54) is 11.4 Å². The van der Waals surface area contributed by atoms with E-state index in [-0.39, 0.29) is 0 Å². The maximum Gasteiger partial charge on any atom is 0.248 e. The number of imidazole rings is 1. The predicted molar refractivity (Wildman–Crippen MR) is 484 cm³/mol. The predicted octanol–water partition coefficient (Wildman–Crippen LogP) is 15.7. The first-order valence-electron chi connectivity index (χ1n) is 39.9. The lowest BCUT2D eigenvalue weighted by molar-refractivity contribution is 0.1000. The summed E-state index contributed by atoms with van der Waals surface area (Å²) in [4.78, 5) is 51.9. The van der Waals surface area contributed by atoms with E-state index in [9.17, 15) is 4.79 Å². The Morgan fingerprint density at radius 3 is 1.12 bits per heavy atom. The van der Waals surface area contributed by atoms with Crippen LogP contribution in [0.25, 0.3) is 76.5 Å². The molecule has 2 saturated heterocycles. The first-order valence-corrected chi connectivity index (χ1v) is 39.9. The first-order chi connectivity index (χ1) is 60.0. The number of aromatic amines is 8. The molecule has 0 bridgehead atoms. The summed E-state index contributed by atoms with van der Waals surface area (Å²) in [5.74, 6) is 5.09. The molecule has 14 aromatic heterocycles. The third-order valence-electron chi connectivity index (χ3n) is 21.0. The van der Waals surface area contributed by atoms with Gasteiger partial charge in [-0.1, -0.05) is 12.1 Å². The lowest BCUT2D eigenvalue weighted by atomic mass is 10.2. The van der Waals surface area contributed by atoms with Gasteiger partial charge in [-0.2, -0.15) is 35.7 Å². The Bertz CT molecular complexity index is 6810. The van der Waals surface area contributed by atoms with Crippen LogP contribution in [0.2, 0.25) is 0 Å². The van der Waals surface area contributed by atoms with Crippen LogP contribution in [0.1, 0.15) is 50.2 Å². The number of carbonyl (C=O) groups excluding carboxylic acids is 1. The van der Waals surface area contributed by atoms with E-state index in [4.69, 9.17) is 15.2 Å². The van der Waals surface area contributed by atoms with Crippen LogP contribution < -0.4 is 52.2 Å². The number of H-pyrrole nitrogens is 8. The fourth-order valence-corrected chi connectivity index (χ4v) is 14.4. The van der Waals surface area contributed by atoms with Crippen molar-refractivity contribution in [2.45, 2.75) is 48.5 Å². The number of rotatable bonds is 16. The van der Waals surface area contributed by atoms with Gasteiger partial charge in [0.2, 0.25) is 5.91 Å². The molecule has 16 heterocycles. The van der Waals surface area contributed by atoms with Gasteiger partial charge in [0.05, 0.1) is 126 Å². The van der Waals surface area contributed by atoms with Crippen LogP contribution in [0, 0.1) is 48.5 Å². The number of hydrogen-bond acceptors (Lipinski definition) is 26. The van der Waals surface area contributed by atoms with Gasteiger partial charge in [0.15, 0.2) is 0 Å². The third kappa shape index (κ3) is 18.7. The molecule has 5 aromatic carbocycles. The molecule has 2 aliphatic rings. The van der Waals surface area contributed by atoms with Crippen molar-refractivity contribution < 1.29 is 14.3 Å². The fourth-order valence-electron chi connectivity index (χ4n) is 14.4. The van der Waals surface area contributed by atoms with Gasteiger partial charge in [0, 0.05) is 150 Å². The van der Waals surface area contributed by atoms with Crippen LogP contribution in [0.3, 0.4) is 0 Å². The molecular weight excluding hydrogens is 1550 g/mol. The summed E-state index contributed by atoms with van der Waals surface area (Å²) < 4.78 is 10.7. The second-order valence-corrected chi connectivity index (χ2v) is 29.3. The zero-order valence-corrected chi connectivity index (χ0v) is 69.1. The van der Waals surface area contributed by atoms with E-state index in [1.54, 1.807) is 81.1 Å². The highest BCUT2D eigenvalue weighted by atomic mass is 16.5. The quantitative estimate of drug-likeness (QED) is 0.0427. The smallest absolute Gasteiger partial charge is 0.248 e. The van der Waals surface area contributed by atoms with E-state index in [2.05, 4.69) is 213 Å². The number of aryl methyl sites for hydroxylation is 7. The zero-order valence-electron chi connectivity index (χ0n) is 69.1. The second kappa shape index (κ2) is 36.9. The minimum Gasteiger partial charge on any atom is -0.495 e. The number of nitrogens with zero attached hydrogens (tertiary/aromatic N) is 17. The van der Waals surface area contributed by atoms with Crippen molar-refractivity contribution in [2.24, 2.45) is 5.73 Å². The number of methoxy groups -OCH3 is 1. The van der Waals surface area contributed by atoms with Crippen LogP contribution in [0.15, 0.2) is 201 Å². The van der Waals surface area contributed by atoms with Crippen molar-refractivity contribution in [3.63, 3.8) is 0 Å². The molecule has 123 heavy (non-hydrogen) atoms. The van der Waals surface area contributed by atoms with Crippen molar-refractivity contribution >= 4 is 163 Å². The van der Waals surface area contributed by atoms with Gasteiger partial charge < -0.3 is 66.8 Å². The number of likely N-dealkylation sites (N-methyl/N-ethyl adjacent to an activating group) is 1. The highest BCUT2D eigenvalue weighted by Crippen LogP contribution is 2.35. The van der Waals surface area contributed by atoms with E-state index in [0.29, 0.717) is 5.56 Å². The third-order valence-corrected chi connectivity index (χ3v) is 21.0. The van der Waals surface area contributed by atoms with Crippen molar-refractivity contribution in [1.29, 1.82) is 0 Å². The number of ether oxygens (including phenoxy) is 2. The molecule has 0 atom stereocenters. The lowest BCUT2D eigenvalue weighted by Crippen LogP contribution is -2.44. The second-order valence-electron chi connectivity index (χ2n) is 29.3. The SMILES string of the molecule is COc1ccccc1Nc1nccc2n[nH]c(C)c12.Cc1[nH]nc2ccnc(Nc3ccc(C(N)=O)cc3)c12.Cc1[nH]nc2ccnc(Nc3ccc(N4CCN(C)CC4)cc3)c12.Cc1[nH]nc2ccnc(Nc3ccc(N4CCOCC4)cc3)c12.Cc1[nH]nc2ccnc(Nc3ccc4nc[nH]c4c3)c12.Cc1[nH]ncc1Nc1nccc2n[nH]c(C)c12. The summed E-state index contributed by atoms with van der Waals surface area (Å²) in [6, 6.07) is 49.0. The first kappa shape index (κ1) is 80.9. The summed E-state index contributed by atoms with van der Waals surface area (Å²) >= 11 is 0. The summed E-state index contributed by atoms with van der Waals surface area (Å²) in [6.07, 6.45) is 13.9. The Morgan fingerprint density at radius 1 is 0.382 bits per heavy atom. The summed E-state index contributed by atoms with van der Waals surface area (Å²) in [5.41, 5.74) is 28.1. The van der Waals surface area contributed by atoms with Crippen molar-refractivity contribution in [2.75, 3.05) is 108 Å². The van der Waals surface area contributed by atoms with Gasteiger partial charge >= 0.3 is 0 Å². The largest absolute Gasteiger partial charge is 0.495 e. The van der Waals surface area contributed by atoms with E-state index < -0.39 is 5.91 Å². The molecule has 2 aliphatic heterocycles. The maximum atomic E-state index is 11.0. The maximum absolute atomic E-state index is 11.0. The number of anilines is 14. The lowest BCUT2D eigenvalue weighted by Gasteiger charge is -2.34. The van der Waals surface area contributed by atoms with E-state index >= 15 is 0 Å². The molecule has 622 valence electrons. The molecule has 0 spiro atoms. The number of primary amides is 1. The Kier molecular flexibility index (Phi) is 24.3. The summed E-state index contributed by atoms with van der Waals surface area (Å²) in [6.45, 7) is 21.7. The molecule has 35 heteroatoms. The van der Waals surface area contributed by atoms with Gasteiger partial charge in [0.1, 0.15) is 40.7 Å². The highest BCUT2D eigenvalue weighted by Gasteiger charge is 2.19. The Labute approximate surface area is 704 Å². The monoisotopic (exact) mass is 1640 g/mol. The van der Waals surface area contributed by atoms with Gasteiger partial charge in [-0.05, 0) is 195 Å². The number of piperazine rings is 1. The van der Waals surface area contributed by atoms with Crippen LogP contribution in [0.4, 0.5) is 80.4 Å². The van der Waals surface area contributed by atoms with E-state index in [1.807, 2.05) is 127 Å². The minimum absolute atomic E-state index is 0.442. The fraction of sp³-hybridized carbons (Fsp3) is 0.193. The minimum atomic E-state index is -0.442. The van der Waals surface area contributed by atoms with Crippen LogP contribution >= 0.6 is 0 Å². The number of carbonyl (C=O) groups is 1. The average molecular weight is 1650 g/mol. The zero-order chi connectivity index (χ0) is 84.9. The van der Waals surface area contributed by atoms with Crippen molar-refractivity contribution in [1.82, 2.24) is 116 Å². The molecule has 0 radical (unpaired) electrons. The number of pyridine rings is 6. The number of amides is 1. The standard InChI is InChI=1S/C18H22N6.C17H19N5O.C14H12N6.C14H13N5O.C14H14N4O.C11H12N6/c1-13-17-16(22-21-13)7-8-19-18(17)20-14-3-5-15(6-4-14)24-11-9-23(2)10-12-24;1-12-16-15(21-20-12)6-7-18-17(16)19-13-2-4-14(5-3-13)22-8-10-23-11-9-22;1-8-13-11(20-19-8)4-5-15-14(13)18-9-2-3-10-12(6-9)17-7-16-10;1-8-12-11(19-18-8)6-7-16-14(12)17-10-4-2-9(3-5-10)13(15)20;1-9-13-11(18-17-9)7-8-15-14(13)16-10-5-3-4-6-12(10)19-2;1-6-9(5-13-15-6)14-11-10-7(2)16-17-8(10)3-4-12-11/h3-8H,9-12H2,1-2H3,(H,19,20)(H,21,22);2-7H,8-11H2,1H3,(H,18,19)(H,20,21);2-7H,1H3,(H,15,18)(H,16,17)(H,19,20);2-7H,1H3,(H2,15,20)(H,16,17)(H,18,19);3-8H,1-2H3,(H,15,16)(H,17,18);3-5H,1-2H3,(H,12,14)(H,13,15)(H,16,17). The molecule has 19 aromatic rings. The number of benzene rings is 5.